The molecule has 0 fully saturated rings. The quantitative estimate of drug-likeness (QED) is 0.747. The average molecular weight is 208 g/mol. The van der Waals surface area contributed by atoms with E-state index in [-0.39, 0.29) is 6.61 Å². The van der Waals surface area contributed by atoms with Crippen molar-refractivity contribution in [2.75, 3.05) is 0 Å². The maximum Gasteiger partial charge on any atom is 0.118 e. The van der Waals surface area contributed by atoms with E-state index in [4.69, 9.17) is 5.11 Å². The summed E-state index contributed by atoms with van der Waals surface area (Å²) in [5.41, 5.74) is 0. The third-order valence-electron chi connectivity index (χ3n) is 0.868. The first kappa shape index (κ1) is 7.18. The molecular formula is C5H6BrNOS. The molecule has 1 N–H and O–H groups in total. The van der Waals surface area contributed by atoms with Crippen LogP contribution in [0.5, 0.6) is 0 Å². The van der Waals surface area contributed by atoms with Crippen LogP contribution in [0.15, 0.2) is 6.20 Å². The van der Waals surface area contributed by atoms with Crippen molar-refractivity contribution in [1.82, 2.24) is 4.98 Å². The molecule has 0 aliphatic carbocycles. The zero-order chi connectivity index (χ0) is 6.69. The van der Waals surface area contributed by atoms with E-state index in [9.17, 15) is 0 Å². The molecule has 1 aromatic rings. The van der Waals surface area contributed by atoms with Gasteiger partial charge >= 0.3 is 0 Å². The smallest absolute Gasteiger partial charge is 0.118 e. The number of aliphatic hydroxyl groups is 1. The molecule has 0 aromatic carbocycles. The molecule has 0 saturated heterocycles. The summed E-state index contributed by atoms with van der Waals surface area (Å²) in [6, 6.07) is 0. The van der Waals surface area contributed by atoms with Crippen LogP contribution in [0.3, 0.4) is 0 Å². The van der Waals surface area contributed by atoms with E-state index < -0.39 is 0 Å². The lowest BCUT2D eigenvalue weighted by Crippen LogP contribution is -1.75. The highest BCUT2D eigenvalue weighted by atomic mass is 79.9. The van der Waals surface area contributed by atoms with Gasteiger partial charge < -0.3 is 5.11 Å². The maximum absolute atomic E-state index is 8.58. The van der Waals surface area contributed by atoms with Crippen LogP contribution in [0, 0.1) is 0 Å². The lowest BCUT2D eigenvalue weighted by atomic mass is 10.6. The van der Waals surface area contributed by atoms with Gasteiger partial charge in [0.1, 0.15) is 5.01 Å². The van der Waals surface area contributed by atoms with Crippen LogP contribution in [0.1, 0.15) is 9.88 Å². The van der Waals surface area contributed by atoms with Crippen molar-refractivity contribution in [2.24, 2.45) is 0 Å². The highest BCUT2D eigenvalue weighted by molar-refractivity contribution is 9.08. The molecule has 0 atom stereocenters. The summed E-state index contributed by atoms with van der Waals surface area (Å²) < 4.78 is 0. The van der Waals surface area contributed by atoms with E-state index in [0.717, 1.165) is 15.2 Å². The Balaban J connectivity index is 2.74. The molecular weight excluding hydrogens is 202 g/mol. The predicted molar refractivity (Wildman–Crippen MR) is 40.7 cm³/mol. The van der Waals surface area contributed by atoms with Crippen LogP contribution >= 0.6 is 27.3 Å². The van der Waals surface area contributed by atoms with Crippen molar-refractivity contribution in [3.8, 4) is 0 Å². The van der Waals surface area contributed by atoms with Gasteiger partial charge in [-0.15, -0.1) is 11.3 Å². The van der Waals surface area contributed by atoms with E-state index in [2.05, 4.69) is 20.9 Å². The number of alkyl halides is 1. The Hall–Kier alpha value is 0.0700. The molecule has 0 radical (unpaired) electrons. The molecule has 50 valence electrons. The van der Waals surface area contributed by atoms with E-state index in [1.165, 1.54) is 11.3 Å². The maximum atomic E-state index is 8.58. The van der Waals surface area contributed by atoms with Gasteiger partial charge in [0.15, 0.2) is 0 Å². The molecule has 0 bridgehead atoms. The second-order valence-corrected chi connectivity index (χ2v) is 3.27. The average Bonchev–Trinajstić information content (AvgIpc) is 2.34. The zero-order valence-electron chi connectivity index (χ0n) is 4.67. The summed E-state index contributed by atoms with van der Waals surface area (Å²) >= 11 is 4.81. The molecule has 1 rings (SSSR count). The number of hydrogen-bond donors (Lipinski definition) is 1. The van der Waals surface area contributed by atoms with Crippen LogP contribution < -0.4 is 0 Å². The fraction of sp³-hybridized carbons (Fsp3) is 0.400. The lowest BCUT2D eigenvalue weighted by Gasteiger charge is -1.80. The minimum Gasteiger partial charge on any atom is -0.389 e. The van der Waals surface area contributed by atoms with E-state index in [0.29, 0.717) is 0 Å². The molecule has 0 amide bonds. The zero-order valence-corrected chi connectivity index (χ0v) is 7.07. The third-order valence-corrected chi connectivity index (χ3v) is 2.83. The first-order valence-electron chi connectivity index (χ1n) is 2.47. The SMILES string of the molecule is OCc1ncc(CBr)s1. The van der Waals surface area contributed by atoms with Crippen molar-refractivity contribution in [3.63, 3.8) is 0 Å². The highest BCUT2D eigenvalue weighted by Gasteiger charge is 1.96. The largest absolute Gasteiger partial charge is 0.389 e. The predicted octanol–water partition coefficient (Wildman–Crippen LogP) is 1.53. The topological polar surface area (TPSA) is 33.1 Å². The second kappa shape index (κ2) is 3.29. The van der Waals surface area contributed by atoms with E-state index in [1.54, 1.807) is 6.20 Å². The van der Waals surface area contributed by atoms with Crippen molar-refractivity contribution >= 4 is 27.3 Å². The van der Waals surface area contributed by atoms with Crippen molar-refractivity contribution in [2.45, 2.75) is 11.9 Å². The number of rotatable bonds is 2. The van der Waals surface area contributed by atoms with Gasteiger partial charge in [-0.3, -0.25) is 0 Å². The van der Waals surface area contributed by atoms with Crippen LogP contribution in [0.25, 0.3) is 0 Å². The molecule has 9 heavy (non-hydrogen) atoms. The summed E-state index contributed by atoms with van der Waals surface area (Å²) in [4.78, 5) is 5.10. The minimum atomic E-state index is 0.0532. The molecule has 1 heterocycles. The van der Waals surface area contributed by atoms with Gasteiger partial charge in [0.2, 0.25) is 0 Å². The lowest BCUT2D eigenvalue weighted by molar-refractivity contribution is 0.281. The third kappa shape index (κ3) is 1.74. The number of halogens is 1. The Labute approximate surface area is 65.7 Å². The fourth-order valence-electron chi connectivity index (χ4n) is 0.483. The number of aromatic nitrogens is 1. The Kier molecular flexibility index (Phi) is 2.63. The van der Waals surface area contributed by atoms with Gasteiger partial charge in [-0.05, 0) is 0 Å². The van der Waals surface area contributed by atoms with Gasteiger partial charge in [-0.2, -0.15) is 0 Å². The van der Waals surface area contributed by atoms with Crippen molar-refractivity contribution in [3.05, 3.63) is 16.1 Å². The van der Waals surface area contributed by atoms with Crippen LogP contribution in [-0.4, -0.2) is 10.1 Å². The molecule has 0 aliphatic rings. The number of aliphatic hydroxyl groups excluding tert-OH is 1. The van der Waals surface area contributed by atoms with Gasteiger partial charge in [0.25, 0.3) is 0 Å². The Morgan fingerprint density at radius 2 is 2.56 bits per heavy atom. The van der Waals surface area contributed by atoms with Crippen molar-refractivity contribution < 1.29 is 5.11 Å². The number of thiazole rings is 1. The standard InChI is InChI=1S/C5H6BrNOS/c6-1-4-2-7-5(3-8)9-4/h2,8H,1,3H2. The van der Waals surface area contributed by atoms with E-state index >= 15 is 0 Å². The molecule has 0 unspecified atom stereocenters. The summed E-state index contributed by atoms with van der Waals surface area (Å²) in [7, 11) is 0. The van der Waals surface area contributed by atoms with Gasteiger partial charge in [-0.1, -0.05) is 15.9 Å². The Morgan fingerprint density at radius 1 is 1.78 bits per heavy atom. The van der Waals surface area contributed by atoms with Gasteiger partial charge in [-0.25, -0.2) is 4.98 Å². The molecule has 0 spiro atoms. The molecule has 1 aromatic heterocycles. The molecule has 0 saturated carbocycles. The summed E-state index contributed by atoms with van der Waals surface area (Å²) in [6.07, 6.45) is 1.77. The first-order chi connectivity index (χ1) is 4.36. The fourth-order valence-corrected chi connectivity index (χ4v) is 1.60. The molecule has 2 nitrogen and oxygen atoms in total. The minimum absolute atomic E-state index is 0.0532. The molecule has 0 aliphatic heterocycles. The van der Waals surface area contributed by atoms with Crippen molar-refractivity contribution in [1.29, 1.82) is 0 Å². The Bertz CT molecular complexity index is 170. The number of hydrogen-bond acceptors (Lipinski definition) is 3. The Morgan fingerprint density at radius 3 is 2.89 bits per heavy atom. The van der Waals surface area contributed by atoms with Crippen LogP contribution in [0.4, 0.5) is 0 Å². The second-order valence-electron chi connectivity index (χ2n) is 1.51. The van der Waals surface area contributed by atoms with Gasteiger partial charge in [0.05, 0.1) is 6.61 Å². The highest BCUT2D eigenvalue weighted by Crippen LogP contribution is 2.14. The summed E-state index contributed by atoms with van der Waals surface area (Å²) in [6.45, 7) is 0.0532. The van der Waals surface area contributed by atoms with Crippen LogP contribution in [-0.2, 0) is 11.9 Å². The van der Waals surface area contributed by atoms with Gasteiger partial charge in [0, 0.05) is 16.4 Å². The number of nitrogens with zero attached hydrogens (tertiary/aromatic N) is 1. The monoisotopic (exact) mass is 207 g/mol. The summed E-state index contributed by atoms with van der Waals surface area (Å²) in [5, 5.41) is 10.2. The van der Waals surface area contributed by atoms with E-state index in [1.807, 2.05) is 0 Å². The first-order valence-corrected chi connectivity index (χ1v) is 4.41. The normalized spacial score (nSPS) is 10.0. The molecule has 4 heteroatoms. The van der Waals surface area contributed by atoms with Crippen LogP contribution in [0.2, 0.25) is 0 Å². The summed E-state index contributed by atoms with van der Waals surface area (Å²) in [5.74, 6) is 0.